The van der Waals surface area contributed by atoms with E-state index in [1.54, 1.807) is 24.1 Å². The van der Waals surface area contributed by atoms with Gasteiger partial charge in [-0.1, -0.05) is 12.1 Å². The zero-order valence-electron chi connectivity index (χ0n) is 31.2. The van der Waals surface area contributed by atoms with Crippen LogP contribution < -0.4 is 14.5 Å². The molecule has 12 nitrogen and oxygen atoms in total. The lowest BCUT2D eigenvalue weighted by molar-refractivity contribution is -0.384. The van der Waals surface area contributed by atoms with Crippen LogP contribution >= 0.6 is 0 Å². The highest BCUT2D eigenvalue weighted by Crippen LogP contribution is 2.47. The molecule has 54 heavy (non-hydrogen) atoms. The van der Waals surface area contributed by atoms with Gasteiger partial charge in [0.15, 0.2) is 0 Å². The van der Waals surface area contributed by atoms with Gasteiger partial charge in [-0.05, 0) is 110 Å². The molecule has 4 heterocycles. The van der Waals surface area contributed by atoms with Gasteiger partial charge in [0.2, 0.25) is 5.91 Å². The molecule has 1 saturated carbocycles. The molecule has 1 spiro atoms. The second-order valence-electron chi connectivity index (χ2n) is 16.0. The Morgan fingerprint density at radius 1 is 0.796 bits per heavy atom. The summed E-state index contributed by atoms with van der Waals surface area (Å²) in [5.41, 5.74) is 5.21. The second kappa shape index (κ2) is 15.0. The summed E-state index contributed by atoms with van der Waals surface area (Å²) in [6.07, 6.45) is 8.08. The Morgan fingerprint density at radius 2 is 1.46 bits per heavy atom. The van der Waals surface area contributed by atoms with Crippen LogP contribution in [0, 0.1) is 21.4 Å². The topological polar surface area (TPSA) is 120 Å². The van der Waals surface area contributed by atoms with E-state index in [4.69, 9.17) is 4.74 Å². The number of non-ortho nitro benzene ring substituents is 1. The molecule has 3 amide bonds. The van der Waals surface area contributed by atoms with Crippen LogP contribution in [0.4, 0.5) is 17.1 Å². The number of ether oxygens (including phenoxy) is 1. The van der Waals surface area contributed by atoms with Crippen LogP contribution in [-0.2, 0) is 22.7 Å². The largest absolute Gasteiger partial charge is 0.497 e. The van der Waals surface area contributed by atoms with E-state index in [0.717, 1.165) is 74.2 Å². The van der Waals surface area contributed by atoms with E-state index in [-0.39, 0.29) is 41.3 Å². The molecule has 0 aromatic heterocycles. The number of benzene rings is 3. The number of carbonyl (C=O) groups excluding carboxylic acids is 3. The molecular formula is C42H50N6O6. The molecule has 3 aromatic rings. The minimum atomic E-state index is -0.652. The van der Waals surface area contributed by atoms with Crippen molar-refractivity contribution in [2.75, 3.05) is 62.7 Å². The number of hydrogen-bond donors (Lipinski definition) is 0. The summed E-state index contributed by atoms with van der Waals surface area (Å²) in [4.78, 5) is 61.2. The summed E-state index contributed by atoms with van der Waals surface area (Å²) in [5, 5.41) is 11.0. The van der Waals surface area contributed by atoms with Crippen molar-refractivity contribution in [3.05, 3.63) is 93.5 Å². The molecule has 1 aliphatic carbocycles. The van der Waals surface area contributed by atoms with Crippen molar-refractivity contribution < 1.29 is 24.0 Å². The van der Waals surface area contributed by atoms with Crippen LogP contribution in [0.3, 0.4) is 0 Å². The number of piperidine rings is 2. The molecule has 284 valence electrons. The van der Waals surface area contributed by atoms with Crippen LogP contribution in [-0.4, -0.2) is 96.3 Å². The Morgan fingerprint density at radius 3 is 2.13 bits per heavy atom. The lowest BCUT2D eigenvalue weighted by Crippen LogP contribution is -2.54. The number of amides is 3. The number of likely N-dealkylation sites (tertiary alicyclic amines) is 1. The first kappa shape index (κ1) is 36.0. The fourth-order valence-corrected chi connectivity index (χ4v) is 9.52. The molecule has 3 aromatic carbocycles. The van der Waals surface area contributed by atoms with E-state index in [1.807, 2.05) is 42.5 Å². The van der Waals surface area contributed by atoms with E-state index < -0.39 is 6.04 Å². The Bertz CT molecular complexity index is 1870. The second-order valence-corrected chi connectivity index (χ2v) is 16.0. The first-order valence-electron chi connectivity index (χ1n) is 19.6. The van der Waals surface area contributed by atoms with Gasteiger partial charge in [0.05, 0.1) is 18.6 Å². The minimum Gasteiger partial charge on any atom is -0.497 e. The standard InChI is InChI=1S/C42H50N6O6/c1-54-36-9-2-30(3-10-36)28-47-39(49)13-12-38(41(47)51)46-29-32-26-35(8-11-37(32)40(46)50)44-20-18-42(19-21-44)16-14-31(15-17-42)27-43-22-24-45(25-23-43)33-4-6-34(7-5-33)48(52)53/h2-11,26,31,38H,12-25,27-29H2,1H3. The summed E-state index contributed by atoms with van der Waals surface area (Å²) in [5.74, 6) is 0.811. The van der Waals surface area contributed by atoms with Crippen LogP contribution in [0.2, 0.25) is 0 Å². The van der Waals surface area contributed by atoms with Crippen LogP contribution in [0.15, 0.2) is 66.7 Å². The predicted molar refractivity (Wildman–Crippen MR) is 205 cm³/mol. The monoisotopic (exact) mass is 734 g/mol. The van der Waals surface area contributed by atoms with Gasteiger partial charge in [-0.3, -0.25) is 34.3 Å². The average molecular weight is 735 g/mol. The van der Waals surface area contributed by atoms with Gasteiger partial charge in [0.25, 0.3) is 17.5 Å². The van der Waals surface area contributed by atoms with E-state index in [2.05, 4.69) is 26.8 Å². The highest BCUT2D eigenvalue weighted by Gasteiger charge is 2.43. The number of nitrogens with zero attached hydrogens (tertiary/aromatic N) is 6. The molecule has 0 N–H and O–H groups in total. The summed E-state index contributed by atoms with van der Waals surface area (Å²) in [6.45, 7) is 7.68. The lowest BCUT2D eigenvalue weighted by Gasteiger charge is -2.47. The number of hydrogen-bond acceptors (Lipinski definition) is 9. The first-order chi connectivity index (χ1) is 26.2. The molecule has 1 atom stereocenters. The van der Waals surface area contributed by atoms with Crippen molar-refractivity contribution >= 4 is 34.8 Å². The SMILES string of the molecule is COc1ccc(CN2C(=O)CCC(N3Cc4cc(N5CCC6(CCC(CN7CCN(c8ccc([N+](=O)[O-])cc8)CC7)CC6)CC5)ccc4C3=O)C2=O)cc1. The Kier molecular flexibility index (Phi) is 10.0. The summed E-state index contributed by atoms with van der Waals surface area (Å²) in [6, 6.07) is 19.8. The Labute approximate surface area is 316 Å². The number of piperazine rings is 1. The molecule has 12 heteroatoms. The van der Waals surface area contributed by atoms with Crippen molar-refractivity contribution in [3.8, 4) is 5.75 Å². The number of imide groups is 1. The maximum absolute atomic E-state index is 13.7. The number of carbonyl (C=O) groups is 3. The smallest absolute Gasteiger partial charge is 0.269 e. The van der Waals surface area contributed by atoms with E-state index >= 15 is 0 Å². The van der Waals surface area contributed by atoms with Gasteiger partial charge < -0.3 is 19.4 Å². The third-order valence-corrected chi connectivity index (χ3v) is 12.9. The van der Waals surface area contributed by atoms with Gasteiger partial charge >= 0.3 is 0 Å². The van der Waals surface area contributed by atoms with Crippen LogP contribution in [0.5, 0.6) is 5.75 Å². The molecule has 5 aliphatic rings. The third-order valence-electron chi connectivity index (χ3n) is 12.9. The van der Waals surface area contributed by atoms with Gasteiger partial charge in [0, 0.05) is 87.8 Å². The van der Waals surface area contributed by atoms with Gasteiger partial charge in [0.1, 0.15) is 11.8 Å². The minimum absolute atomic E-state index is 0.130. The highest BCUT2D eigenvalue weighted by molar-refractivity contribution is 6.05. The zero-order chi connectivity index (χ0) is 37.4. The van der Waals surface area contributed by atoms with E-state index in [1.165, 1.54) is 43.4 Å². The molecule has 4 aliphatic heterocycles. The third kappa shape index (κ3) is 7.28. The fourth-order valence-electron chi connectivity index (χ4n) is 9.52. The molecule has 3 saturated heterocycles. The molecule has 1 unspecified atom stereocenters. The van der Waals surface area contributed by atoms with Crippen molar-refractivity contribution in [1.82, 2.24) is 14.7 Å². The van der Waals surface area contributed by atoms with Gasteiger partial charge in [-0.2, -0.15) is 0 Å². The maximum atomic E-state index is 13.7. The number of fused-ring (bicyclic) bond motifs is 1. The number of anilines is 2. The fraction of sp³-hybridized carbons (Fsp3) is 0.500. The van der Waals surface area contributed by atoms with Crippen LogP contribution in [0.1, 0.15) is 72.9 Å². The van der Waals surface area contributed by atoms with Gasteiger partial charge in [-0.15, -0.1) is 0 Å². The van der Waals surface area contributed by atoms with Crippen molar-refractivity contribution in [1.29, 1.82) is 0 Å². The zero-order valence-corrected chi connectivity index (χ0v) is 31.2. The normalized spacial score (nSPS) is 22.2. The van der Waals surface area contributed by atoms with Gasteiger partial charge in [-0.25, -0.2) is 0 Å². The number of nitro benzene ring substituents is 1. The molecule has 8 rings (SSSR count). The molecule has 4 fully saturated rings. The maximum Gasteiger partial charge on any atom is 0.269 e. The number of nitro groups is 1. The summed E-state index contributed by atoms with van der Waals surface area (Å²) in [7, 11) is 1.60. The number of rotatable bonds is 9. The first-order valence-corrected chi connectivity index (χ1v) is 19.6. The molecular weight excluding hydrogens is 684 g/mol. The Hall–Kier alpha value is -4.97. The van der Waals surface area contributed by atoms with Crippen LogP contribution in [0.25, 0.3) is 0 Å². The molecule has 0 bridgehead atoms. The average Bonchev–Trinajstić information content (AvgIpc) is 3.53. The number of methoxy groups -OCH3 is 1. The highest BCUT2D eigenvalue weighted by atomic mass is 16.6. The summed E-state index contributed by atoms with van der Waals surface area (Å²) >= 11 is 0. The quantitative estimate of drug-likeness (QED) is 0.151. The van der Waals surface area contributed by atoms with Crippen molar-refractivity contribution in [2.24, 2.45) is 11.3 Å². The lowest BCUT2D eigenvalue weighted by atomic mass is 9.65. The van der Waals surface area contributed by atoms with E-state index in [0.29, 0.717) is 29.7 Å². The summed E-state index contributed by atoms with van der Waals surface area (Å²) < 4.78 is 5.24. The predicted octanol–water partition coefficient (Wildman–Crippen LogP) is 5.88. The van der Waals surface area contributed by atoms with E-state index in [9.17, 15) is 24.5 Å². The van der Waals surface area contributed by atoms with Crippen molar-refractivity contribution in [3.63, 3.8) is 0 Å². The van der Waals surface area contributed by atoms with Crippen molar-refractivity contribution in [2.45, 2.75) is 70.5 Å². The molecule has 0 radical (unpaired) electrons. The Balaban J connectivity index is 0.810.